The lowest BCUT2D eigenvalue weighted by molar-refractivity contribution is 0.770. The highest BCUT2D eigenvalue weighted by atomic mass is 15.2. The summed E-state index contributed by atoms with van der Waals surface area (Å²) in [7, 11) is 1.92. The van der Waals surface area contributed by atoms with Gasteiger partial charge in [-0.15, -0.1) is 6.42 Å². The molecule has 3 nitrogen and oxygen atoms in total. The average Bonchev–Trinajstić information content (AvgIpc) is 2.30. The average molecular weight is 217 g/mol. The first kappa shape index (κ1) is 12.5. The Morgan fingerprint density at radius 1 is 1.50 bits per heavy atom. The summed E-state index contributed by atoms with van der Waals surface area (Å²) in [5.74, 6) is 3.64. The number of rotatable bonds is 6. The molecule has 0 aromatic carbocycles. The van der Waals surface area contributed by atoms with Crippen molar-refractivity contribution in [3.05, 3.63) is 23.9 Å². The number of nitrogens with zero attached hydrogens (tertiary/aromatic N) is 2. The first-order valence-electron chi connectivity index (χ1n) is 5.60. The second-order valence-electron chi connectivity index (χ2n) is 3.64. The van der Waals surface area contributed by atoms with Crippen LogP contribution in [0.4, 0.5) is 5.82 Å². The van der Waals surface area contributed by atoms with Gasteiger partial charge in [0.05, 0.1) is 12.2 Å². The molecule has 0 aliphatic carbocycles. The molecule has 0 saturated heterocycles. The zero-order chi connectivity index (χ0) is 11.8. The third-order valence-corrected chi connectivity index (χ3v) is 2.25. The molecule has 0 fully saturated rings. The molecular weight excluding hydrogens is 198 g/mol. The van der Waals surface area contributed by atoms with Gasteiger partial charge in [0.25, 0.3) is 0 Å². The van der Waals surface area contributed by atoms with Gasteiger partial charge in [0.15, 0.2) is 0 Å². The van der Waals surface area contributed by atoms with Crippen molar-refractivity contribution in [3.63, 3.8) is 0 Å². The number of pyridine rings is 1. The molecule has 0 atom stereocenters. The number of nitrogens with one attached hydrogen (secondary N) is 1. The summed E-state index contributed by atoms with van der Waals surface area (Å²) in [6, 6.07) is 6.04. The summed E-state index contributed by atoms with van der Waals surface area (Å²) in [5, 5.41) is 3.09. The highest BCUT2D eigenvalue weighted by molar-refractivity contribution is 5.40. The Morgan fingerprint density at radius 3 is 2.94 bits per heavy atom. The molecule has 1 N–H and O–H groups in total. The van der Waals surface area contributed by atoms with Crippen molar-refractivity contribution in [1.82, 2.24) is 10.3 Å². The van der Waals surface area contributed by atoms with E-state index in [9.17, 15) is 0 Å². The van der Waals surface area contributed by atoms with E-state index in [1.807, 2.05) is 25.2 Å². The van der Waals surface area contributed by atoms with Gasteiger partial charge in [-0.3, -0.25) is 0 Å². The Hall–Kier alpha value is -1.53. The fourth-order valence-corrected chi connectivity index (χ4v) is 1.58. The number of hydrogen-bond donors (Lipinski definition) is 1. The molecule has 0 bridgehead atoms. The summed E-state index contributed by atoms with van der Waals surface area (Å²) in [6.07, 6.45) is 6.43. The minimum atomic E-state index is 0.615. The number of terminal acetylenes is 1. The summed E-state index contributed by atoms with van der Waals surface area (Å²) in [4.78, 5) is 6.69. The first-order chi connectivity index (χ1) is 7.81. The van der Waals surface area contributed by atoms with Crippen LogP contribution < -0.4 is 10.2 Å². The number of hydrogen-bond acceptors (Lipinski definition) is 3. The summed E-state index contributed by atoms with van der Waals surface area (Å²) >= 11 is 0. The van der Waals surface area contributed by atoms with Gasteiger partial charge in [0.1, 0.15) is 5.82 Å². The van der Waals surface area contributed by atoms with E-state index in [2.05, 4.69) is 28.0 Å². The lowest BCUT2D eigenvalue weighted by Crippen LogP contribution is -2.25. The largest absolute Gasteiger partial charge is 0.345 e. The Balaban J connectivity index is 2.82. The minimum Gasteiger partial charge on any atom is -0.345 e. The minimum absolute atomic E-state index is 0.615. The molecule has 1 rings (SSSR count). The molecule has 1 heterocycles. The molecule has 86 valence electrons. The molecule has 16 heavy (non-hydrogen) atoms. The predicted molar refractivity (Wildman–Crippen MR) is 68.3 cm³/mol. The molecule has 0 aliphatic heterocycles. The second kappa shape index (κ2) is 6.86. The van der Waals surface area contributed by atoms with Gasteiger partial charge in [-0.2, -0.15) is 0 Å². The summed E-state index contributed by atoms with van der Waals surface area (Å²) in [5.41, 5.74) is 1.04. The third-order valence-electron chi connectivity index (χ3n) is 2.25. The van der Waals surface area contributed by atoms with Gasteiger partial charge in [-0.1, -0.05) is 18.9 Å². The Kier molecular flexibility index (Phi) is 5.38. The smallest absolute Gasteiger partial charge is 0.129 e. The van der Waals surface area contributed by atoms with E-state index in [4.69, 9.17) is 6.42 Å². The highest BCUT2D eigenvalue weighted by Gasteiger charge is 2.05. The maximum atomic E-state index is 5.36. The van der Waals surface area contributed by atoms with Crippen LogP contribution in [0, 0.1) is 12.3 Å². The van der Waals surface area contributed by atoms with Crippen LogP contribution in [-0.4, -0.2) is 25.1 Å². The fourth-order valence-electron chi connectivity index (χ4n) is 1.58. The van der Waals surface area contributed by atoms with Gasteiger partial charge >= 0.3 is 0 Å². The van der Waals surface area contributed by atoms with E-state index < -0.39 is 0 Å². The van der Waals surface area contributed by atoms with E-state index >= 15 is 0 Å². The van der Waals surface area contributed by atoms with Crippen LogP contribution >= 0.6 is 0 Å². The summed E-state index contributed by atoms with van der Waals surface area (Å²) in [6.45, 7) is 4.48. The van der Waals surface area contributed by atoms with Crippen LogP contribution in [0.25, 0.3) is 0 Å². The maximum absolute atomic E-state index is 5.36. The van der Waals surface area contributed by atoms with Gasteiger partial charge in [0.2, 0.25) is 0 Å². The van der Waals surface area contributed by atoms with Crippen LogP contribution in [0.15, 0.2) is 18.2 Å². The van der Waals surface area contributed by atoms with Crippen molar-refractivity contribution < 1.29 is 0 Å². The van der Waals surface area contributed by atoms with E-state index in [0.29, 0.717) is 6.54 Å². The van der Waals surface area contributed by atoms with Crippen LogP contribution in [-0.2, 0) is 6.54 Å². The lowest BCUT2D eigenvalue weighted by atomic mass is 10.3. The molecule has 0 aliphatic rings. The van der Waals surface area contributed by atoms with Gasteiger partial charge in [-0.05, 0) is 25.6 Å². The molecule has 0 radical (unpaired) electrons. The fraction of sp³-hybridized carbons (Fsp3) is 0.462. The van der Waals surface area contributed by atoms with E-state index in [1.54, 1.807) is 0 Å². The van der Waals surface area contributed by atoms with E-state index in [-0.39, 0.29) is 0 Å². The number of anilines is 1. The first-order valence-corrected chi connectivity index (χ1v) is 5.60. The van der Waals surface area contributed by atoms with Crippen molar-refractivity contribution in [3.8, 4) is 12.3 Å². The standard InChI is InChI=1S/C13H19N3/c1-4-9-16(10-5-2)13-8-6-7-12(15-13)11-14-3/h1,6-8,14H,5,9-11H2,2-3H3. The highest BCUT2D eigenvalue weighted by Crippen LogP contribution is 2.11. The van der Waals surface area contributed by atoms with Crippen LogP contribution in [0.3, 0.4) is 0 Å². The topological polar surface area (TPSA) is 28.2 Å². The van der Waals surface area contributed by atoms with Crippen LogP contribution in [0.2, 0.25) is 0 Å². The van der Waals surface area contributed by atoms with E-state index in [1.165, 1.54) is 0 Å². The molecular formula is C13H19N3. The van der Waals surface area contributed by atoms with Crippen molar-refractivity contribution in [2.24, 2.45) is 0 Å². The van der Waals surface area contributed by atoms with Gasteiger partial charge in [0, 0.05) is 13.1 Å². The molecule has 1 aromatic heterocycles. The van der Waals surface area contributed by atoms with Gasteiger partial charge in [-0.25, -0.2) is 4.98 Å². The van der Waals surface area contributed by atoms with Crippen LogP contribution in [0.5, 0.6) is 0 Å². The second-order valence-corrected chi connectivity index (χ2v) is 3.64. The maximum Gasteiger partial charge on any atom is 0.129 e. The summed E-state index contributed by atoms with van der Waals surface area (Å²) < 4.78 is 0. The van der Waals surface area contributed by atoms with Crippen molar-refractivity contribution >= 4 is 5.82 Å². The molecule has 0 amide bonds. The molecule has 1 aromatic rings. The molecule has 0 unspecified atom stereocenters. The SMILES string of the molecule is C#CCN(CCC)c1cccc(CNC)n1. The monoisotopic (exact) mass is 217 g/mol. The van der Waals surface area contributed by atoms with Crippen molar-refractivity contribution in [2.75, 3.05) is 25.0 Å². The number of aromatic nitrogens is 1. The molecule has 0 spiro atoms. The zero-order valence-corrected chi connectivity index (χ0v) is 10.0. The lowest BCUT2D eigenvalue weighted by Gasteiger charge is -2.20. The van der Waals surface area contributed by atoms with Crippen molar-refractivity contribution in [1.29, 1.82) is 0 Å². The third kappa shape index (κ3) is 3.56. The Bertz CT molecular complexity index is 354. The molecule has 0 saturated carbocycles. The Morgan fingerprint density at radius 2 is 2.31 bits per heavy atom. The van der Waals surface area contributed by atoms with Gasteiger partial charge < -0.3 is 10.2 Å². The normalized spacial score (nSPS) is 9.81. The Labute approximate surface area is 97.9 Å². The van der Waals surface area contributed by atoms with Crippen molar-refractivity contribution in [2.45, 2.75) is 19.9 Å². The molecule has 3 heteroatoms. The predicted octanol–water partition coefficient (Wildman–Crippen LogP) is 1.65. The quantitative estimate of drug-likeness (QED) is 0.734. The zero-order valence-electron chi connectivity index (χ0n) is 10.0. The van der Waals surface area contributed by atoms with E-state index in [0.717, 1.165) is 31.0 Å². The van der Waals surface area contributed by atoms with Crippen LogP contribution in [0.1, 0.15) is 19.0 Å².